The van der Waals surface area contributed by atoms with Crippen LogP contribution in [0.2, 0.25) is 0 Å². The maximum absolute atomic E-state index is 12.5. The number of urea groups is 1. The third kappa shape index (κ3) is 4.26. The zero-order chi connectivity index (χ0) is 19.5. The summed E-state index contributed by atoms with van der Waals surface area (Å²) in [6.45, 7) is 1.98. The summed E-state index contributed by atoms with van der Waals surface area (Å²) in [5, 5.41) is 13.1. The Kier molecular flexibility index (Phi) is 5.77. The van der Waals surface area contributed by atoms with Gasteiger partial charge in [-0.3, -0.25) is 20.2 Å². The second-order valence-electron chi connectivity index (χ2n) is 5.61. The number of primary amides is 1. The largest absolute Gasteiger partial charge is 0.474 e. The summed E-state index contributed by atoms with van der Waals surface area (Å²) in [7, 11) is -3.84. The second kappa shape index (κ2) is 7.66. The zero-order valence-corrected chi connectivity index (χ0v) is 14.7. The molecule has 1 aromatic carbocycles. The van der Waals surface area contributed by atoms with Crippen LogP contribution in [-0.2, 0) is 14.8 Å². The van der Waals surface area contributed by atoms with E-state index in [2.05, 4.69) is 0 Å². The Morgan fingerprint density at radius 1 is 1.35 bits per heavy atom. The van der Waals surface area contributed by atoms with Crippen molar-refractivity contribution in [1.29, 1.82) is 0 Å². The molecule has 142 valence electrons. The highest BCUT2D eigenvalue weighted by atomic mass is 32.2. The number of nitrogens with two attached hydrogens (primary N) is 1. The Balaban J connectivity index is 2.30. The molecule has 0 aromatic heterocycles. The molecule has 2 rings (SSSR count). The van der Waals surface area contributed by atoms with E-state index >= 15 is 0 Å². The molecule has 0 bridgehead atoms. The number of rotatable bonds is 6. The predicted octanol–water partition coefficient (Wildman–Crippen LogP) is 0.341. The molecule has 0 saturated carbocycles. The highest BCUT2D eigenvalue weighted by Gasteiger charge is 2.30. The second-order valence-corrected chi connectivity index (χ2v) is 7.55. The van der Waals surface area contributed by atoms with Crippen LogP contribution in [0, 0.1) is 10.1 Å². The average Bonchev–Trinajstić information content (AvgIpc) is 3.09. The first-order chi connectivity index (χ1) is 12.1. The molecule has 0 radical (unpaired) electrons. The maximum Gasteiger partial charge on any atom is 0.318 e. The number of carbonyl (C=O) groups excluding carboxylic acids is 2. The molecule has 1 atom stereocenters. The first kappa shape index (κ1) is 19.6. The van der Waals surface area contributed by atoms with Gasteiger partial charge in [-0.15, -0.1) is 0 Å². The van der Waals surface area contributed by atoms with Gasteiger partial charge in [-0.25, -0.2) is 13.2 Å². The van der Waals surface area contributed by atoms with Crippen LogP contribution < -0.4 is 15.8 Å². The minimum Gasteiger partial charge on any atom is -0.474 e. The maximum atomic E-state index is 12.5. The average molecular weight is 386 g/mol. The molecular formula is C14H18N4O7S. The molecule has 1 aliphatic rings. The van der Waals surface area contributed by atoms with Gasteiger partial charge in [0.2, 0.25) is 10.0 Å². The molecule has 0 spiro atoms. The van der Waals surface area contributed by atoms with E-state index in [1.807, 2.05) is 0 Å². The van der Waals surface area contributed by atoms with Crippen molar-refractivity contribution in [2.45, 2.75) is 30.8 Å². The molecule has 26 heavy (non-hydrogen) atoms. The lowest BCUT2D eigenvalue weighted by Crippen LogP contribution is -2.42. The number of benzene rings is 1. The normalized spacial score (nSPS) is 16.0. The molecular weight excluding hydrogens is 368 g/mol. The number of nitro benzene ring substituents is 1. The van der Waals surface area contributed by atoms with Crippen LogP contribution in [0.1, 0.15) is 19.8 Å². The minimum absolute atomic E-state index is 0.229. The number of nitrogens with one attached hydrogen (secondary N) is 1. The Labute approximate surface area is 149 Å². The third-order valence-corrected chi connectivity index (χ3v) is 5.64. The number of imide groups is 1. The molecule has 3 amide bonds. The van der Waals surface area contributed by atoms with Crippen LogP contribution >= 0.6 is 0 Å². The van der Waals surface area contributed by atoms with Crippen LogP contribution in [0.4, 0.5) is 10.5 Å². The molecule has 11 nitrogen and oxygen atoms in total. The van der Waals surface area contributed by atoms with Gasteiger partial charge in [0, 0.05) is 19.2 Å². The van der Waals surface area contributed by atoms with Gasteiger partial charge in [0.15, 0.2) is 11.9 Å². The summed E-state index contributed by atoms with van der Waals surface area (Å²) >= 11 is 0. The molecule has 12 heteroatoms. The summed E-state index contributed by atoms with van der Waals surface area (Å²) in [6.07, 6.45) is 0.201. The lowest BCUT2D eigenvalue weighted by molar-refractivity contribution is -0.386. The van der Waals surface area contributed by atoms with Crippen LogP contribution in [0.5, 0.6) is 5.75 Å². The molecule has 1 aliphatic heterocycles. The SMILES string of the molecule is CC(Oc1ccc(S(=O)(=O)N2CCCC2)cc1[N+](=O)[O-])C(=O)NC(N)=O. The molecule has 1 unspecified atom stereocenters. The number of sulfonamides is 1. The van der Waals surface area contributed by atoms with Crippen molar-refractivity contribution in [2.24, 2.45) is 5.73 Å². The number of nitro groups is 1. The number of carbonyl (C=O) groups is 2. The van der Waals surface area contributed by atoms with E-state index in [0.717, 1.165) is 25.0 Å². The Morgan fingerprint density at radius 3 is 2.50 bits per heavy atom. The number of nitrogens with zero attached hydrogens (tertiary/aromatic N) is 2. The van der Waals surface area contributed by atoms with Crippen LogP contribution in [0.15, 0.2) is 23.1 Å². The molecule has 1 aromatic rings. The van der Waals surface area contributed by atoms with E-state index in [4.69, 9.17) is 10.5 Å². The van der Waals surface area contributed by atoms with Gasteiger partial charge in [0.25, 0.3) is 5.91 Å². The molecule has 1 fully saturated rings. The summed E-state index contributed by atoms with van der Waals surface area (Å²) in [6, 6.07) is 2.08. The van der Waals surface area contributed by atoms with Crippen molar-refractivity contribution in [3.63, 3.8) is 0 Å². The fourth-order valence-corrected chi connectivity index (χ4v) is 3.98. The Morgan fingerprint density at radius 2 is 1.96 bits per heavy atom. The van der Waals surface area contributed by atoms with Crippen molar-refractivity contribution in [3.05, 3.63) is 28.3 Å². The Bertz CT molecular complexity index is 834. The summed E-state index contributed by atoms with van der Waals surface area (Å²) in [4.78, 5) is 32.6. The number of ether oxygens (including phenoxy) is 1. The van der Waals surface area contributed by atoms with Crippen molar-refractivity contribution in [1.82, 2.24) is 9.62 Å². The number of amides is 3. The fourth-order valence-electron chi connectivity index (χ4n) is 2.44. The third-order valence-electron chi connectivity index (χ3n) is 3.75. The van der Waals surface area contributed by atoms with Gasteiger partial charge in [0.05, 0.1) is 9.82 Å². The van der Waals surface area contributed by atoms with Gasteiger partial charge in [-0.05, 0) is 31.9 Å². The molecule has 3 N–H and O–H groups in total. The van der Waals surface area contributed by atoms with E-state index in [9.17, 15) is 28.1 Å². The van der Waals surface area contributed by atoms with Gasteiger partial charge in [-0.2, -0.15) is 4.31 Å². The van der Waals surface area contributed by atoms with Crippen LogP contribution in [0.3, 0.4) is 0 Å². The van der Waals surface area contributed by atoms with Crippen LogP contribution in [-0.4, -0.2) is 48.8 Å². The van der Waals surface area contributed by atoms with E-state index in [1.54, 1.807) is 5.32 Å². The highest BCUT2D eigenvalue weighted by molar-refractivity contribution is 7.89. The molecule has 1 saturated heterocycles. The van der Waals surface area contributed by atoms with E-state index in [-0.39, 0.29) is 10.6 Å². The summed E-state index contributed by atoms with van der Waals surface area (Å²) < 4.78 is 31.5. The van der Waals surface area contributed by atoms with E-state index in [0.29, 0.717) is 13.1 Å². The topological polar surface area (TPSA) is 162 Å². The predicted molar refractivity (Wildman–Crippen MR) is 88.9 cm³/mol. The quantitative estimate of drug-likeness (QED) is 0.526. The van der Waals surface area contributed by atoms with Crippen molar-refractivity contribution in [3.8, 4) is 5.75 Å². The fraction of sp³-hybridized carbons (Fsp3) is 0.429. The van der Waals surface area contributed by atoms with Crippen molar-refractivity contribution in [2.75, 3.05) is 13.1 Å². The summed E-state index contributed by atoms with van der Waals surface area (Å²) in [5.74, 6) is -1.19. The Hall–Kier alpha value is -2.73. The van der Waals surface area contributed by atoms with E-state index in [1.165, 1.54) is 17.3 Å². The van der Waals surface area contributed by atoms with Crippen molar-refractivity contribution >= 4 is 27.6 Å². The molecule has 0 aliphatic carbocycles. The first-order valence-electron chi connectivity index (χ1n) is 7.68. The highest BCUT2D eigenvalue weighted by Crippen LogP contribution is 2.32. The number of hydrogen-bond donors (Lipinski definition) is 2. The number of hydrogen-bond acceptors (Lipinski definition) is 7. The zero-order valence-electron chi connectivity index (χ0n) is 13.9. The van der Waals surface area contributed by atoms with Crippen LogP contribution in [0.25, 0.3) is 0 Å². The smallest absolute Gasteiger partial charge is 0.318 e. The van der Waals surface area contributed by atoms with Crippen molar-refractivity contribution < 1.29 is 27.7 Å². The summed E-state index contributed by atoms with van der Waals surface area (Å²) in [5.41, 5.74) is 4.22. The van der Waals surface area contributed by atoms with E-state index < -0.39 is 38.7 Å². The van der Waals surface area contributed by atoms with Gasteiger partial charge < -0.3 is 10.5 Å². The minimum atomic E-state index is -3.84. The lowest BCUT2D eigenvalue weighted by atomic mass is 10.3. The monoisotopic (exact) mass is 386 g/mol. The first-order valence-corrected chi connectivity index (χ1v) is 9.12. The molecule has 1 heterocycles. The van der Waals surface area contributed by atoms with Gasteiger partial charge in [-0.1, -0.05) is 0 Å². The van der Waals surface area contributed by atoms with Gasteiger partial charge >= 0.3 is 11.7 Å². The van der Waals surface area contributed by atoms with Gasteiger partial charge in [0.1, 0.15) is 0 Å². The standard InChI is InChI=1S/C14H18N4O7S/c1-9(13(19)16-14(15)20)25-12-5-4-10(8-11(12)18(21)22)26(23,24)17-6-2-3-7-17/h4-5,8-9H,2-3,6-7H2,1H3,(H3,15,16,19,20). The lowest BCUT2D eigenvalue weighted by Gasteiger charge is -2.17.